The molecule has 2 nitrogen and oxygen atoms in total. The number of fused-ring (bicyclic) bond motifs is 14. The average molecular weight is 852 g/mol. The molecule has 0 unspecified atom stereocenters. The monoisotopic (exact) mass is 851 g/mol. The van der Waals surface area contributed by atoms with Gasteiger partial charge < -0.3 is 9.32 Å². The minimum absolute atomic E-state index is 0.502. The Labute approximate surface area is 389 Å². The number of furan rings is 1. The Hall–Kier alpha value is -8.72. The zero-order valence-electron chi connectivity index (χ0n) is 36.5. The summed E-state index contributed by atoms with van der Waals surface area (Å²) in [6.07, 6.45) is 0. The van der Waals surface area contributed by atoms with Gasteiger partial charge in [-0.2, -0.15) is 0 Å². The topological polar surface area (TPSA) is 16.4 Å². The molecule has 0 bridgehead atoms. The van der Waals surface area contributed by atoms with Crippen LogP contribution >= 0.6 is 0 Å². The van der Waals surface area contributed by atoms with Gasteiger partial charge in [-0.25, -0.2) is 0 Å². The molecule has 14 rings (SSSR count). The highest BCUT2D eigenvalue weighted by Gasteiger charge is 2.52. The molecular formula is C65H41NO. The summed E-state index contributed by atoms with van der Waals surface area (Å²) in [6.45, 7) is 0. The zero-order chi connectivity index (χ0) is 44.1. The van der Waals surface area contributed by atoms with Gasteiger partial charge in [-0.05, 0) is 96.7 Å². The molecule has 0 saturated heterocycles. The molecule has 2 aliphatic rings. The fourth-order valence-electron chi connectivity index (χ4n) is 11.7. The van der Waals surface area contributed by atoms with Crippen molar-refractivity contribution in [2.24, 2.45) is 0 Å². The quantitative estimate of drug-likeness (QED) is 0.166. The summed E-state index contributed by atoms with van der Waals surface area (Å²) in [5.41, 5.74) is 21.4. The van der Waals surface area contributed by atoms with Crippen LogP contribution in [0.25, 0.3) is 88.3 Å². The highest BCUT2D eigenvalue weighted by molar-refractivity contribution is 6.20. The number of rotatable bonds is 6. The van der Waals surface area contributed by atoms with Gasteiger partial charge in [0.05, 0.1) is 27.9 Å². The number of hydrogen-bond donors (Lipinski definition) is 0. The van der Waals surface area contributed by atoms with E-state index in [1.165, 1.54) is 55.3 Å². The Morgan fingerprint density at radius 3 is 1.54 bits per heavy atom. The molecular weight excluding hydrogens is 811 g/mol. The smallest absolute Gasteiger partial charge is 0.145 e. The number of hydrogen-bond acceptors (Lipinski definition) is 2. The SMILES string of the molecule is c1ccc(-c2cccc3c2oc2c(-c4ccccc4)ccc(N(c4ccccc4-c4ccc5ccccc5c4)c4cccc5c4-c4ccccc4C54c5ccccc5-c5ccccc54)c23)cc1. The van der Waals surface area contributed by atoms with Crippen LogP contribution < -0.4 is 4.90 Å². The van der Waals surface area contributed by atoms with Crippen LogP contribution in [0.3, 0.4) is 0 Å². The number of anilines is 3. The predicted octanol–water partition coefficient (Wildman–Crippen LogP) is 17.6. The molecule has 312 valence electrons. The van der Waals surface area contributed by atoms with Crippen LogP contribution in [-0.2, 0) is 5.41 Å². The second-order valence-electron chi connectivity index (χ2n) is 17.9. The van der Waals surface area contributed by atoms with Crippen molar-refractivity contribution in [3.05, 3.63) is 271 Å². The minimum Gasteiger partial charge on any atom is -0.455 e. The Morgan fingerprint density at radius 1 is 0.299 bits per heavy atom. The maximum absolute atomic E-state index is 7.33. The van der Waals surface area contributed by atoms with Gasteiger partial charge in [-0.1, -0.05) is 218 Å². The van der Waals surface area contributed by atoms with E-state index in [1.807, 2.05) is 0 Å². The van der Waals surface area contributed by atoms with Gasteiger partial charge in [0.15, 0.2) is 0 Å². The summed E-state index contributed by atoms with van der Waals surface area (Å²) < 4.78 is 7.33. The van der Waals surface area contributed by atoms with Gasteiger partial charge in [-0.15, -0.1) is 0 Å². The molecule has 0 saturated carbocycles. The van der Waals surface area contributed by atoms with Gasteiger partial charge >= 0.3 is 0 Å². The maximum Gasteiger partial charge on any atom is 0.145 e. The van der Waals surface area contributed by atoms with E-state index < -0.39 is 5.41 Å². The third-order valence-corrected chi connectivity index (χ3v) is 14.5. The third kappa shape index (κ3) is 5.39. The first-order valence-corrected chi connectivity index (χ1v) is 23.2. The second-order valence-corrected chi connectivity index (χ2v) is 17.9. The molecule has 1 heterocycles. The molecule has 0 atom stereocenters. The highest BCUT2D eigenvalue weighted by atomic mass is 16.3. The largest absolute Gasteiger partial charge is 0.455 e. The first-order chi connectivity index (χ1) is 33.3. The lowest BCUT2D eigenvalue weighted by atomic mass is 9.70. The van der Waals surface area contributed by atoms with E-state index in [-0.39, 0.29) is 0 Å². The molecule has 2 heteroatoms. The van der Waals surface area contributed by atoms with Gasteiger partial charge in [0.25, 0.3) is 0 Å². The molecule has 0 radical (unpaired) electrons. The van der Waals surface area contributed by atoms with Crippen molar-refractivity contribution in [1.29, 1.82) is 0 Å². The summed E-state index contributed by atoms with van der Waals surface area (Å²) in [7, 11) is 0. The lowest BCUT2D eigenvalue weighted by molar-refractivity contribution is 0.671. The lowest BCUT2D eigenvalue weighted by Crippen LogP contribution is -2.26. The van der Waals surface area contributed by atoms with Crippen LogP contribution in [0.5, 0.6) is 0 Å². The standard InChI is InChI=1S/C65H41NO/c1-3-20-43(21-4-1)48-29-17-30-53-62-60(40-39-49(64(62)67-63(48)53)44-22-5-2-6-23-44)66(58-35-16-12-25-47(58)46-38-37-42-19-7-8-24-45(42)41-46)59-36-18-34-57-61(59)52-28-11-15-33-56(52)65(57)54-31-13-9-26-50(54)51-27-10-14-32-55(51)65/h1-41H. The van der Waals surface area contributed by atoms with Gasteiger partial charge in [0, 0.05) is 27.6 Å². The van der Waals surface area contributed by atoms with Crippen LogP contribution in [0.2, 0.25) is 0 Å². The minimum atomic E-state index is -0.502. The molecule has 1 spiro atoms. The van der Waals surface area contributed by atoms with Crippen molar-refractivity contribution in [3.8, 4) is 55.6 Å². The molecule has 2 aliphatic carbocycles. The summed E-state index contributed by atoms with van der Waals surface area (Å²) in [5.74, 6) is 0. The Kier molecular flexibility index (Phi) is 8.23. The molecule has 0 N–H and O–H groups in total. The second kappa shape index (κ2) is 14.7. The van der Waals surface area contributed by atoms with E-state index in [2.05, 4.69) is 254 Å². The fourth-order valence-corrected chi connectivity index (χ4v) is 11.7. The summed E-state index contributed by atoms with van der Waals surface area (Å²) >= 11 is 0. The van der Waals surface area contributed by atoms with Crippen LogP contribution in [-0.4, -0.2) is 0 Å². The Morgan fingerprint density at radius 2 is 0.821 bits per heavy atom. The van der Waals surface area contributed by atoms with Gasteiger partial charge in [0.1, 0.15) is 11.2 Å². The number of para-hydroxylation sites is 2. The molecule has 67 heavy (non-hydrogen) atoms. The first kappa shape index (κ1) is 37.6. The normalized spacial score (nSPS) is 12.9. The summed E-state index contributed by atoms with van der Waals surface area (Å²) in [5, 5.41) is 4.57. The van der Waals surface area contributed by atoms with Crippen molar-refractivity contribution in [2.75, 3.05) is 4.90 Å². The molecule has 1 aromatic heterocycles. The van der Waals surface area contributed by atoms with Gasteiger partial charge in [0.2, 0.25) is 0 Å². The van der Waals surface area contributed by atoms with E-state index >= 15 is 0 Å². The number of nitrogens with zero attached hydrogens (tertiary/aromatic N) is 1. The highest BCUT2D eigenvalue weighted by Crippen LogP contribution is 2.65. The van der Waals surface area contributed by atoms with Gasteiger partial charge in [-0.3, -0.25) is 0 Å². The van der Waals surface area contributed by atoms with Crippen molar-refractivity contribution in [3.63, 3.8) is 0 Å². The maximum atomic E-state index is 7.33. The lowest BCUT2D eigenvalue weighted by Gasteiger charge is -2.32. The van der Waals surface area contributed by atoms with E-state index in [1.54, 1.807) is 0 Å². The molecule has 12 aromatic rings. The summed E-state index contributed by atoms with van der Waals surface area (Å²) in [4.78, 5) is 2.55. The van der Waals surface area contributed by atoms with Crippen LogP contribution in [0, 0.1) is 0 Å². The fraction of sp³-hybridized carbons (Fsp3) is 0.0154. The van der Waals surface area contributed by atoms with E-state index in [0.717, 1.165) is 72.4 Å². The van der Waals surface area contributed by atoms with Crippen molar-refractivity contribution in [1.82, 2.24) is 0 Å². The predicted molar refractivity (Wildman–Crippen MR) is 279 cm³/mol. The van der Waals surface area contributed by atoms with Crippen molar-refractivity contribution >= 4 is 49.8 Å². The zero-order valence-corrected chi connectivity index (χ0v) is 36.5. The van der Waals surface area contributed by atoms with E-state index in [4.69, 9.17) is 4.42 Å². The van der Waals surface area contributed by atoms with E-state index in [9.17, 15) is 0 Å². The Balaban J connectivity index is 1.12. The van der Waals surface area contributed by atoms with Crippen LogP contribution in [0.1, 0.15) is 22.3 Å². The average Bonchev–Trinajstić information content (AvgIpc) is 4.05. The first-order valence-electron chi connectivity index (χ1n) is 23.2. The van der Waals surface area contributed by atoms with Crippen LogP contribution in [0.4, 0.5) is 17.1 Å². The third-order valence-electron chi connectivity index (χ3n) is 14.5. The van der Waals surface area contributed by atoms with Crippen LogP contribution in [0.15, 0.2) is 253 Å². The molecule has 0 amide bonds. The number of benzene rings is 11. The van der Waals surface area contributed by atoms with Crippen molar-refractivity contribution in [2.45, 2.75) is 5.41 Å². The summed E-state index contributed by atoms with van der Waals surface area (Å²) in [6, 6.07) is 91.2. The van der Waals surface area contributed by atoms with E-state index in [0.29, 0.717) is 0 Å². The molecule has 11 aromatic carbocycles. The molecule has 0 fully saturated rings. The van der Waals surface area contributed by atoms with Crippen molar-refractivity contribution < 1.29 is 4.42 Å². The Bertz CT molecular complexity index is 3890. The molecule has 0 aliphatic heterocycles.